The number of phenols is 1. The Kier molecular flexibility index (Phi) is 11.8. The third kappa shape index (κ3) is 9.81. The van der Waals surface area contributed by atoms with Gasteiger partial charge in [-0.3, -0.25) is 4.79 Å². The summed E-state index contributed by atoms with van der Waals surface area (Å²) in [6.45, 7) is 4.23. The molecule has 0 fully saturated rings. The van der Waals surface area contributed by atoms with Gasteiger partial charge in [0.2, 0.25) is 0 Å². The second-order valence-corrected chi connectivity index (χ2v) is 7.37. The molecule has 1 aromatic rings. The molecular formula is C22H37NO3. The second-order valence-electron chi connectivity index (χ2n) is 7.37. The first kappa shape index (κ1) is 22.5. The van der Waals surface area contributed by atoms with Crippen molar-refractivity contribution in [1.29, 1.82) is 0 Å². The van der Waals surface area contributed by atoms with Gasteiger partial charge < -0.3 is 15.5 Å². The van der Waals surface area contributed by atoms with E-state index in [4.69, 9.17) is 0 Å². The van der Waals surface area contributed by atoms with Crippen LogP contribution in [0, 0.1) is 0 Å². The van der Waals surface area contributed by atoms with Crippen LogP contribution in [0.4, 0.5) is 0 Å². The Bertz CT molecular complexity index is 487. The molecular weight excluding hydrogens is 326 g/mol. The summed E-state index contributed by atoms with van der Waals surface area (Å²) in [7, 11) is 0. The number of carbonyl (C=O) groups excluding carboxylic acids is 1. The van der Waals surface area contributed by atoms with Crippen LogP contribution in [0.1, 0.15) is 96.1 Å². The van der Waals surface area contributed by atoms with Crippen molar-refractivity contribution in [2.24, 2.45) is 0 Å². The summed E-state index contributed by atoms with van der Waals surface area (Å²) in [5, 5.41) is 22.2. The molecule has 1 amide bonds. The molecule has 3 N–H and O–H groups in total. The van der Waals surface area contributed by atoms with Crippen molar-refractivity contribution in [2.45, 2.75) is 96.6 Å². The van der Waals surface area contributed by atoms with Crippen molar-refractivity contribution >= 4 is 5.91 Å². The Balaban J connectivity index is 2.07. The highest BCUT2D eigenvalue weighted by Crippen LogP contribution is 2.17. The topological polar surface area (TPSA) is 69.6 Å². The summed E-state index contributed by atoms with van der Waals surface area (Å²) in [6, 6.07) is 6.13. The smallest absolute Gasteiger partial charge is 0.253 e. The number of hydrogen-bond acceptors (Lipinski definition) is 3. The predicted octanol–water partition coefficient (Wildman–Crippen LogP) is 5.24. The van der Waals surface area contributed by atoms with Gasteiger partial charge in [0, 0.05) is 6.04 Å². The molecule has 2 atom stereocenters. The maximum absolute atomic E-state index is 12.1. The summed E-state index contributed by atoms with van der Waals surface area (Å²) in [5.74, 6) is -0.258. The monoisotopic (exact) mass is 363 g/mol. The minimum absolute atomic E-state index is 0.0586. The minimum atomic E-state index is -1.19. The fraction of sp³-hybridized carbons (Fsp3) is 0.682. The quantitative estimate of drug-likeness (QED) is 0.396. The van der Waals surface area contributed by atoms with E-state index in [0.717, 1.165) is 12.8 Å². The zero-order valence-electron chi connectivity index (χ0n) is 16.5. The molecule has 0 saturated carbocycles. The fourth-order valence-corrected chi connectivity index (χ4v) is 3.14. The molecule has 0 radical (unpaired) electrons. The van der Waals surface area contributed by atoms with Gasteiger partial charge >= 0.3 is 0 Å². The van der Waals surface area contributed by atoms with Gasteiger partial charge in [0.15, 0.2) is 6.10 Å². The van der Waals surface area contributed by atoms with Crippen LogP contribution in [0.25, 0.3) is 0 Å². The largest absolute Gasteiger partial charge is 0.508 e. The van der Waals surface area contributed by atoms with Crippen molar-refractivity contribution < 1.29 is 15.0 Å². The van der Waals surface area contributed by atoms with E-state index in [2.05, 4.69) is 12.2 Å². The molecule has 1 rings (SSSR count). The lowest BCUT2D eigenvalue weighted by Crippen LogP contribution is -2.36. The van der Waals surface area contributed by atoms with E-state index in [0.29, 0.717) is 5.56 Å². The zero-order valence-corrected chi connectivity index (χ0v) is 16.5. The van der Waals surface area contributed by atoms with Gasteiger partial charge in [-0.1, -0.05) is 83.3 Å². The Morgan fingerprint density at radius 1 is 0.923 bits per heavy atom. The number of benzene rings is 1. The Labute approximate surface area is 159 Å². The van der Waals surface area contributed by atoms with E-state index in [1.54, 1.807) is 12.1 Å². The number of phenolic OH excluding ortho intramolecular Hbond substituents is 1. The third-order valence-corrected chi connectivity index (χ3v) is 4.84. The van der Waals surface area contributed by atoms with Crippen LogP contribution in [0.15, 0.2) is 24.3 Å². The maximum Gasteiger partial charge on any atom is 0.253 e. The summed E-state index contributed by atoms with van der Waals surface area (Å²) in [5.41, 5.74) is 0.492. The standard InChI is InChI=1S/C22H37NO3/c1-3-4-5-6-7-8-9-10-11-12-13-18(2)23-22(26)21(25)19-14-16-20(24)17-15-19/h14-18,21,24-25H,3-13H2,1-2H3,(H,23,26). The number of aliphatic hydroxyl groups excluding tert-OH is 1. The van der Waals surface area contributed by atoms with Crippen LogP contribution in [-0.4, -0.2) is 22.2 Å². The molecule has 0 aromatic heterocycles. The lowest BCUT2D eigenvalue weighted by Gasteiger charge is -2.17. The summed E-state index contributed by atoms with van der Waals surface area (Å²) < 4.78 is 0. The van der Waals surface area contributed by atoms with Crippen LogP contribution in [0.2, 0.25) is 0 Å². The van der Waals surface area contributed by atoms with Crippen LogP contribution in [0.3, 0.4) is 0 Å². The van der Waals surface area contributed by atoms with E-state index in [1.165, 1.54) is 69.9 Å². The van der Waals surface area contributed by atoms with Crippen molar-refractivity contribution in [3.05, 3.63) is 29.8 Å². The predicted molar refractivity (Wildman–Crippen MR) is 107 cm³/mol. The Morgan fingerprint density at radius 2 is 1.42 bits per heavy atom. The minimum Gasteiger partial charge on any atom is -0.508 e. The first-order chi connectivity index (χ1) is 12.5. The van der Waals surface area contributed by atoms with E-state index in [9.17, 15) is 15.0 Å². The number of aliphatic hydroxyl groups is 1. The molecule has 0 aliphatic rings. The van der Waals surface area contributed by atoms with E-state index in [1.807, 2.05) is 6.92 Å². The number of nitrogens with one attached hydrogen (secondary N) is 1. The molecule has 0 aliphatic carbocycles. The molecule has 1 aromatic carbocycles. The van der Waals surface area contributed by atoms with E-state index in [-0.39, 0.29) is 17.7 Å². The third-order valence-electron chi connectivity index (χ3n) is 4.84. The van der Waals surface area contributed by atoms with Crippen molar-refractivity contribution in [3.63, 3.8) is 0 Å². The van der Waals surface area contributed by atoms with Gasteiger partial charge in [-0.2, -0.15) is 0 Å². The first-order valence-electron chi connectivity index (χ1n) is 10.3. The SMILES string of the molecule is CCCCCCCCCCCCC(C)NC(=O)C(O)c1ccc(O)cc1. The first-order valence-corrected chi connectivity index (χ1v) is 10.3. The summed E-state index contributed by atoms with van der Waals surface area (Å²) >= 11 is 0. The van der Waals surface area contributed by atoms with Crippen LogP contribution >= 0.6 is 0 Å². The zero-order chi connectivity index (χ0) is 19.2. The van der Waals surface area contributed by atoms with Gasteiger partial charge in [-0.25, -0.2) is 0 Å². The molecule has 0 aliphatic heterocycles. The number of amides is 1. The van der Waals surface area contributed by atoms with Gasteiger partial charge in [0.05, 0.1) is 0 Å². The van der Waals surface area contributed by atoms with Crippen LogP contribution < -0.4 is 5.32 Å². The van der Waals surface area contributed by atoms with Gasteiger partial charge in [-0.15, -0.1) is 0 Å². The van der Waals surface area contributed by atoms with Gasteiger partial charge in [-0.05, 0) is 31.0 Å². The molecule has 0 spiro atoms. The second kappa shape index (κ2) is 13.6. The number of hydrogen-bond donors (Lipinski definition) is 3. The number of rotatable bonds is 14. The van der Waals surface area contributed by atoms with Gasteiger partial charge in [0.25, 0.3) is 5.91 Å². The normalized spacial score (nSPS) is 13.3. The lowest BCUT2D eigenvalue weighted by molar-refractivity contribution is -0.130. The number of unbranched alkanes of at least 4 members (excludes halogenated alkanes) is 9. The molecule has 148 valence electrons. The Hall–Kier alpha value is -1.55. The molecule has 0 bridgehead atoms. The summed E-state index contributed by atoms with van der Waals surface area (Å²) in [6.07, 6.45) is 12.8. The van der Waals surface area contributed by atoms with Crippen LogP contribution in [-0.2, 0) is 4.79 Å². The van der Waals surface area contributed by atoms with Crippen LogP contribution in [0.5, 0.6) is 5.75 Å². The van der Waals surface area contributed by atoms with Crippen molar-refractivity contribution in [3.8, 4) is 5.75 Å². The molecule has 26 heavy (non-hydrogen) atoms. The van der Waals surface area contributed by atoms with E-state index >= 15 is 0 Å². The highest BCUT2D eigenvalue weighted by Gasteiger charge is 2.18. The lowest BCUT2D eigenvalue weighted by atomic mass is 10.0. The average Bonchev–Trinajstić information content (AvgIpc) is 2.63. The highest BCUT2D eigenvalue weighted by atomic mass is 16.3. The number of carbonyl (C=O) groups is 1. The molecule has 0 saturated heterocycles. The molecule has 0 heterocycles. The maximum atomic E-state index is 12.1. The number of aromatic hydroxyl groups is 1. The average molecular weight is 364 g/mol. The fourth-order valence-electron chi connectivity index (χ4n) is 3.14. The van der Waals surface area contributed by atoms with Crippen molar-refractivity contribution in [1.82, 2.24) is 5.32 Å². The van der Waals surface area contributed by atoms with Gasteiger partial charge in [0.1, 0.15) is 5.75 Å². The molecule has 4 nitrogen and oxygen atoms in total. The summed E-state index contributed by atoms with van der Waals surface area (Å²) in [4.78, 5) is 12.1. The van der Waals surface area contributed by atoms with Crippen molar-refractivity contribution in [2.75, 3.05) is 0 Å². The molecule has 4 heteroatoms. The molecule has 2 unspecified atom stereocenters. The highest BCUT2D eigenvalue weighted by molar-refractivity contribution is 5.82. The van der Waals surface area contributed by atoms with E-state index < -0.39 is 6.10 Å². The Morgan fingerprint density at radius 3 is 1.96 bits per heavy atom.